The summed E-state index contributed by atoms with van der Waals surface area (Å²) in [6.07, 6.45) is 19.6. The third-order valence-corrected chi connectivity index (χ3v) is 7.69. The molecule has 0 atom stereocenters. The molecule has 0 amide bonds. The molecule has 2 fully saturated rings. The molecular formula is C28H44O2. The minimum atomic E-state index is -0.128. The lowest BCUT2D eigenvalue weighted by molar-refractivity contribution is 0.0161. The van der Waals surface area contributed by atoms with E-state index in [2.05, 4.69) is 26.0 Å². The molecule has 30 heavy (non-hydrogen) atoms. The van der Waals surface area contributed by atoms with Gasteiger partial charge in [-0.05, 0) is 86.8 Å². The number of unbranched alkanes of at least 4 members (excludes halogenated alkanes) is 3. The van der Waals surface area contributed by atoms with Crippen molar-refractivity contribution < 1.29 is 9.53 Å². The van der Waals surface area contributed by atoms with Crippen molar-refractivity contribution in [2.75, 3.05) is 0 Å². The maximum absolute atomic E-state index is 12.6. The first-order chi connectivity index (χ1) is 14.7. The van der Waals surface area contributed by atoms with E-state index in [1.54, 1.807) is 0 Å². The van der Waals surface area contributed by atoms with Crippen molar-refractivity contribution in [1.82, 2.24) is 0 Å². The molecule has 0 aliphatic heterocycles. The van der Waals surface area contributed by atoms with Crippen LogP contribution >= 0.6 is 0 Å². The van der Waals surface area contributed by atoms with E-state index >= 15 is 0 Å². The van der Waals surface area contributed by atoms with Gasteiger partial charge >= 0.3 is 5.97 Å². The number of esters is 1. The van der Waals surface area contributed by atoms with Crippen molar-refractivity contribution in [2.24, 2.45) is 11.8 Å². The van der Waals surface area contributed by atoms with E-state index < -0.39 is 0 Å². The Hall–Kier alpha value is -1.31. The zero-order valence-electron chi connectivity index (χ0n) is 19.5. The number of benzene rings is 1. The van der Waals surface area contributed by atoms with Crippen LogP contribution in [-0.2, 0) is 4.74 Å². The number of rotatable bonds is 10. The molecular weight excluding hydrogens is 368 g/mol. The quantitative estimate of drug-likeness (QED) is 0.284. The first-order valence-corrected chi connectivity index (χ1v) is 13.0. The lowest BCUT2D eigenvalue weighted by Gasteiger charge is -2.29. The van der Waals surface area contributed by atoms with Gasteiger partial charge in [-0.2, -0.15) is 0 Å². The molecule has 2 aliphatic rings. The molecule has 0 radical (unpaired) electrons. The van der Waals surface area contributed by atoms with Crippen molar-refractivity contribution in [3.8, 4) is 0 Å². The molecule has 0 unspecified atom stereocenters. The van der Waals surface area contributed by atoms with Gasteiger partial charge in [-0.3, -0.25) is 0 Å². The molecule has 0 heterocycles. The van der Waals surface area contributed by atoms with Crippen LogP contribution in [0.5, 0.6) is 0 Å². The highest BCUT2D eigenvalue weighted by Crippen LogP contribution is 2.38. The van der Waals surface area contributed by atoms with Gasteiger partial charge in [0.1, 0.15) is 6.10 Å². The second kappa shape index (κ2) is 12.5. The van der Waals surface area contributed by atoms with Crippen LogP contribution in [0.4, 0.5) is 0 Å². The van der Waals surface area contributed by atoms with Gasteiger partial charge < -0.3 is 4.74 Å². The molecule has 3 rings (SSSR count). The first kappa shape index (κ1) is 23.4. The van der Waals surface area contributed by atoms with Crippen molar-refractivity contribution in [2.45, 2.75) is 122 Å². The molecule has 2 heteroatoms. The highest BCUT2D eigenvalue weighted by molar-refractivity contribution is 5.89. The molecule has 2 saturated carbocycles. The number of hydrogen-bond donors (Lipinski definition) is 0. The van der Waals surface area contributed by atoms with Crippen molar-refractivity contribution in [1.29, 1.82) is 0 Å². The van der Waals surface area contributed by atoms with Gasteiger partial charge in [0.05, 0.1) is 5.56 Å². The Labute approximate surface area is 185 Å². The number of ether oxygens (including phenoxy) is 1. The highest BCUT2D eigenvalue weighted by Gasteiger charge is 2.25. The van der Waals surface area contributed by atoms with Gasteiger partial charge in [-0.15, -0.1) is 0 Å². The van der Waals surface area contributed by atoms with Crippen LogP contribution in [0.3, 0.4) is 0 Å². The van der Waals surface area contributed by atoms with Crippen LogP contribution in [0, 0.1) is 11.8 Å². The zero-order valence-corrected chi connectivity index (χ0v) is 19.5. The second-order valence-electron chi connectivity index (χ2n) is 10.0. The summed E-state index contributed by atoms with van der Waals surface area (Å²) >= 11 is 0. The zero-order chi connectivity index (χ0) is 21.2. The molecule has 1 aromatic rings. The molecule has 0 aromatic heterocycles. The molecule has 0 saturated heterocycles. The summed E-state index contributed by atoms with van der Waals surface area (Å²) in [5, 5.41) is 0. The van der Waals surface area contributed by atoms with Gasteiger partial charge in [-0.1, -0.05) is 70.9 Å². The minimum absolute atomic E-state index is 0.123. The molecule has 1 aromatic carbocycles. The van der Waals surface area contributed by atoms with Gasteiger partial charge in [0, 0.05) is 0 Å². The summed E-state index contributed by atoms with van der Waals surface area (Å²) in [5.74, 6) is 2.34. The first-order valence-electron chi connectivity index (χ1n) is 13.0. The molecule has 0 bridgehead atoms. The van der Waals surface area contributed by atoms with Crippen LogP contribution in [0.1, 0.15) is 132 Å². The van der Waals surface area contributed by atoms with Crippen molar-refractivity contribution in [3.63, 3.8) is 0 Å². The Balaban J connectivity index is 1.40. The van der Waals surface area contributed by atoms with E-state index in [1.165, 1.54) is 89.0 Å². The van der Waals surface area contributed by atoms with Crippen LogP contribution in [0.15, 0.2) is 24.3 Å². The van der Waals surface area contributed by atoms with Gasteiger partial charge in [0.2, 0.25) is 0 Å². The van der Waals surface area contributed by atoms with E-state index in [0.717, 1.165) is 30.2 Å². The fourth-order valence-corrected chi connectivity index (χ4v) is 5.70. The fourth-order valence-electron chi connectivity index (χ4n) is 5.70. The van der Waals surface area contributed by atoms with Crippen LogP contribution in [-0.4, -0.2) is 12.1 Å². The Morgan fingerprint density at radius 3 is 2.03 bits per heavy atom. The lowest BCUT2D eigenvalue weighted by atomic mass is 9.77. The smallest absolute Gasteiger partial charge is 0.338 e. The molecule has 168 valence electrons. The minimum Gasteiger partial charge on any atom is -0.459 e. The molecule has 2 nitrogen and oxygen atoms in total. The topological polar surface area (TPSA) is 26.3 Å². The summed E-state index contributed by atoms with van der Waals surface area (Å²) < 4.78 is 5.82. The third-order valence-electron chi connectivity index (χ3n) is 7.69. The Bertz CT molecular complexity index is 604. The maximum Gasteiger partial charge on any atom is 0.338 e. The average molecular weight is 413 g/mol. The maximum atomic E-state index is 12.6. The summed E-state index contributed by atoms with van der Waals surface area (Å²) in [5.41, 5.74) is 2.13. The van der Waals surface area contributed by atoms with Crippen LogP contribution in [0.25, 0.3) is 0 Å². The molecule has 0 N–H and O–H groups in total. The Morgan fingerprint density at radius 2 is 1.40 bits per heavy atom. The van der Waals surface area contributed by atoms with Gasteiger partial charge in [0.15, 0.2) is 0 Å². The average Bonchev–Trinajstić information content (AvgIpc) is 2.79. The van der Waals surface area contributed by atoms with Crippen molar-refractivity contribution in [3.05, 3.63) is 35.4 Å². The molecule has 2 aliphatic carbocycles. The molecule has 0 spiro atoms. The van der Waals surface area contributed by atoms with Crippen LogP contribution < -0.4 is 0 Å². The van der Waals surface area contributed by atoms with E-state index in [9.17, 15) is 4.79 Å². The monoisotopic (exact) mass is 412 g/mol. The third kappa shape index (κ3) is 7.13. The van der Waals surface area contributed by atoms with E-state index in [4.69, 9.17) is 4.74 Å². The van der Waals surface area contributed by atoms with E-state index in [1.807, 2.05) is 12.1 Å². The van der Waals surface area contributed by atoms with Gasteiger partial charge in [0.25, 0.3) is 0 Å². The summed E-state index contributed by atoms with van der Waals surface area (Å²) in [7, 11) is 0. The Kier molecular flexibility index (Phi) is 9.75. The van der Waals surface area contributed by atoms with Gasteiger partial charge in [-0.25, -0.2) is 4.79 Å². The summed E-state index contributed by atoms with van der Waals surface area (Å²) in [4.78, 5) is 12.6. The van der Waals surface area contributed by atoms with Crippen molar-refractivity contribution >= 4 is 5.97 Å². The SMILES string of the molecule is CCCCCCC1CCC(c2ccc(C(=O)OC3CCC(CCC)CC3)cc2)CC1. The predicted molar refractivity (Wildman–Crippen MR) is 126 cm³/mol. The summed E-state index contributed by atoms with van der Waals surface area (Å²) in [6.45, 7) is 4.55. The van der Waals surface area contributed by atoms with E-state index in [0.29, 0.717) is 5.92 Å². The predicted octanol–water partition coefficient (Wildman–Crippen LogP) is 8.45. The Morgan fingerprint density at radius 1 is 0.767 bits per heavy atom. The number of carbonyl (C=O) groups is 1. The lowest BCUT2D eigenvalue weighted by Crippen LogP contribution is -2.24. The second-order valence-corrected chi connectivity index (χ2v) is 10.0. The normalized spacial score (nSPS) is 27.0. The number of carbonyl (C=O) groups excluding carboxylic acids is 1. The highest BCUT2D eigenvalue weighted by atomic mass is 16.5. The largest absolute Gasteiger partial charge is 0.459 e. The number of hydrogen-bond acceptors (Lipinski definition) is 2. The summed E-state index contributed by atoms with van der Waals surface area (Å²) in [6, 6.07) is 8.36. The standard InChI is InChI=1S/C28H44O2/c1-3-5-6-7-9-23-10-14-24(15-11-23)25-16-18-26(19-17-25)28(29)30-27-20-12-22(8-4-2)13-21-27/h16-19,22-24,27H,3-15,20-21H2,1-2H3. The van der Waals surface area contributed by atoms with E-state index in [-0.39, 0.29) is 12.1 Å². The van der Waals surface area contributed by atoms with Crippen LogP contribution in [0.2, 0.25) is 0 Å². The fraction of sp³-hybridized carbons (Fsp3) is 0.750.